The van der Waals surface area contributed by atoms with E-state index in [0.717, 1.165) is 40.6 Å². The quantitative estimate of drug-likeness (QED) is 0.242. The summed E-state index contributed by atoms with van der Waals surface area (Å²) < 4.78 is 0. The van der Waals surface area contributed by atoms with E-state index in [4.69, 9.17) is 5.41 Å². The van der Waals surface area contributed by atoms with Crippen LogP contribution in [-0.4, -0.2) is 65.3 Å². The number of H-pyrrole nitrogens is 1. The van der Waals surface area contributed by atoms with E-state index < -0.39 is 29.7 Å². The van der Waals surface area contributed by atoms with Crippen LogP contribution in [0.25, 0.3) is 10.9 Å². The first-order valence-electron chi connectivity index (χ1n) is 13.0. The number of nitrogens with one attached hydrogen (secondary N) is 5. The third kappa shape index (κ3) is 6.97. The van der Waals surface area contributed by atoms with Gasteiger partial charge in [-0.05, 0) is 48.7 Å². The molecule has 0 aliphatic carbocycles. The Kier molecular flexibility index (Phi) is 8.88. The minimum absolute atomic E-state index is 0.0145. The van der Waals surface area contributed by atoms with Crippen LogP contribution in [0.5, 0.6) is 0 Å². The normalized spacial score (nSPS) is 14.6. The Morgan fingerprint density at radius 1 is 1.05 bits per heavy atom. The molecule has 0 bridgehead atoms. The molecule has 0 fully saturated rings. The highest BCUT2D eigenvalue weighted by Crippen LogP contribution is 2.26. The lowest BCUT2D eigenvalue weighted by atomic mass is 9.98. The number of Topliss-reactive ketones (excluding diaryl/α,β-unsaturated/α-hetero) is 1. The number of hydrogen-bond donors (Lipinski definition) is 5. The molecule has 10 heteroatoms. The van der Waals surface area contributed by atoms with Crippen LogP contribution in [0.4, 0.5) is 5.69 Å². The molecule has 0 radical (unpaired) electrons. The van der Waals surface area contributed by atoms with E-state index in [0.29, 0.717) is 18.4 Å². The van der Waals surface area contributed by atoms with E-state index in [-0.39, 0.29) is 25.2 Å². The number of aromatic amines is 1. The summed E-state index contributed by atoms with van der Waals surface area (Å²) in [6.45, 7) is 2.94. The van der Waals surface area contributed by atoms with Crippen molar-refractivity contribution in [3.63, 3.8) is 0 Å². The highest BCUT2D eigenvalue weighted by molar-refractivity contribution is 6.26. The fourth-order valence-electron chi connectivity index (χ4n) is 4.93. The summed E-state index contributed by atoms with van der Waals surface area (Å²) in [5.74, 6) is -1.82. The van der Waals surface area contributed by atoms with Crippen LogP contribution in [0.3, 0.4) is 0 Å². The molecular weight excluding hydrogens is 496 g/mol. The van der Waals surface area contributed by atoms with Crippen LogP contribution in [0.1, 0.15) is 36.5 Å². The Hall–Kier alpha value is -4.31. The Bertz CT molecular complexity index is 1400. The van der Waals surface area contributed by atoms with Crippen LogP contribution in [0, 0.1) is 5.41 Å². The molecule has 4 rings (SSSR count). The molecule has 0 unspecified atom stereocenters. The smallest absolute Gasteiger partial charge is 0.246 e. The molecule has 0 saturated carbocycles. The molecule has 3 aromatic rings. The zero-order valence-electron chi connectivity index (χ0n) is 22.2. The number of ketones is 1. The minimum atomic E-state index is -1.04. The number of nitrogens with zero attached hydrogens (tertiary/aromatic N) is 1. The molecule has 2 heterocycles. The van der Waals surface area contributed by atoms with Crippen molar-refractivity contribution >= 4 is 46.3 Å². The summed E-state index contributed by atoms with van der Waals surface area (Å²) in [6, 6.07) is 11.4. The SMILES string of the molecule is CC(=O)N[C@@H](Cc1c[nH]c2ccccc12)C(=O)N[C@@H](CCC(=O)C=N)C(=O)Nc1cccc2c1CN(C)CC2. The maximum atomic E-state index is 13.5. The highest BCUT2D eigenvalue weighted by Gasteiger charge is 2.28. The predicted octanol–water partition coefficient (Wildman–Crippen LogP) is 2.33. The molecule has 0 spiro atoms. The predicted molar refractivity (Wildman–Crippen MR) is 150 cm³/mol. The Labute approximate surface area is 227 Å². The Balaban J connectivity index is 1.54. The lowest BCUT2D eigenvalue weighted by Crippen LogP contribution is -2.53. The van der Waals surface area contributed by atoms with Crippen molar-refractivity contribution < 1.29 is 19.2 Å². The number of rotatable bonds is 11. The average molecular weight is 531 g/mol. The first-order valence-corrected chi connectivity index (χ1v) is 13.0. The molecule has 2 atom stereocenters. The molecule has 10 nitrogen and oxygen atoms in total. The molecule has 1 aliphatic heterocycles. The van der Waals surface area contributed by atoms with Crippen molar-refractivity contribution in [3.05, 3.63) is 65.4 Å². The number of fused-ring (bicyclic) bond motifs is 2. The molecule has 3 amide bonds. The number of para-hydroxylation sites is 1. The van der Waals surface area contributed by atoms with E-state index in [2.05, 4.69) is 25.8 Å². The van der Waals surface area contributed by atoms with Crippen molar-refractivity contribution in [3.8, 4) is 0 Å². The number of anilines is 1. The monoisotopic (exact) mass is 530 g/mol. The molecule has 1 aliphatic rings. The van der Waals surface area contributed by atoms with Gasteiger partial charge in [-0.25, -0.2) is 0 Å². The third-order valence-electron chi connectivity index (χ3n) is 6.99. The van der Waals surface area contributed by atoms with Gasteiger partial charge in [0.2, 0.25) is 17.7 Å². The zero-order valence-corrected chi connectivity index (χ0v) is 22.2. The van der Waals surface area contributed by atoms with Crippen LogP contribution >= 0.6 is 0 Å². The van der Waals surface area contributed by atoms with Gasteiger partial charge in [0.15, 0.2) is 5.78 Å². The van der Waals surface area contributed by atoms with Gasteiger partial charge in [-0.1, -0.05) is 30.3 Å². The number of carbonyl (C=O) groups excluding carboxylic acids is 4. The Morgan fingerprint density at radius 3 is 2.62 bits per heavy atom. The van der Waals surface area contributed by atoms with Gasteiger partial charge in [-0.2, -0.15) is 0 Å². The van der Waals surface area contributed by atoms with Crippen molar-refractivity contribution in [1.29, 1.82) is 5.41 Å². The summed E-state index contributed by atoms with van der Waals surface area (Å²) in [4.78, 5) is 56.1. The van der Waals surface area contributed by atoms with Gasteiger partial charge >= 0.3 is 0 Å². The third-order valence-corrected chi connectivity index (χ3v) is 6.99. The molecular formula is C29H34N6O4. The van der Waals surface area contributed by atoms with Gasteiger partial charge in [0.25, 0.3) is 0 Å². The maximum Gasteiger partial charge on any atom is 0.246 e. The molecule has 5 N–H and O–H groups in total. The van der Waals surface area contributed by atoms with Crippen LogP contribution in [0.2, 0.25) is 0 Å². The summed E-state index contributed by atoms with van der Waals surface area (Å²) >= 11 is 0. The number of aromatic nitrogens is 1. The van der Waals surface area contributed by atoms with E-state index >= 15 is 0 Å². The highest BCUT2D eigenvalue weighted by atomic mass is 16.2. The van der Waals surface area contributed by atoms with Crippen LogP contribution in [0.15, 0.2) is 48.7 Å². The van der Waals surface area contributed by atoms with Crippen molar-refractivity contribution in [2.75, 3.05) is 18.9 Å². The van der Waals surface area contributed by atoms with E-state index in [1.54, 1.807) is 6.20 Å². The average Bonchev–Trinajstić information content (AvgIpc) is 3.33. The maximum absolute atomic E-state index is 13.5. The van der Waals surface area contributed by atoms with Crippen molar-refractivity contribution in [2.24, 2.45) is 0 Å². The number of benzene rings is 2. The van der Waals surface area contributed by atoms with Gasteiger partial charge in [0.05, 0.1) is 6.21 Å². The minimum Gasteiger partial charge on any atom is -0.361 e. The van der Waals surface area contributed by atoms with Crippen molar-refractivity contribution in [1.82, 2.24) is 20.5 Å². The number of amides is 3. The lowest BCUT2D eigenvalue weighted by molar-refractivity contribution is -0.130. The van der Waals surface area contributed by atoms with Gasteiger partial charge in [-0.15, -0.1) is 0 Å². The van der Waals surface area contributed by atoms with Crippen LogP contribution in [-0.2, 0) is 38.6 Å². The standard InChI is InChI=1S/C29H34N6O4/c1-18(36)32-27(14-20-16-31-24-8-4-3-7-22(20)24)29(39)34-26(11-10-21(37)15-30)28(38)33-25-9-5-6-19-12-13-35(2)17-23(19)25/h3-9,15-16,26-27,30-31H,10-14,17H2,1-2H3,(H,32,36)(H,33,38)(H,34,39)/t26-,27-/m0/s1. The van der Waals surface area contributed by atoms with Gasteiger partial charge in [-0.3, -0.25) is 19.2 Å². The fraction of sp³-hybridized carbons (Fsp3) is 0.345. The number of hydrogen-bond acceptors (Lipinski definition) is 6. The van der Waals surface area contributed by atoms with E-state index in [1.165, 1.54) is 6.92 Å². The largest absolute Gasteiger partial charge is 0.361 e. The lowest BCUT2D eigenvalue weighted by Gasteiger charge is -2.28. The second kappa shape index (κ2) is 12.5. The van der Waals surface area contributed by atoms with Crippen LogP contribution < -0.4 is 16.0 Å². The summed E-state index contributed by atoms with van der Waals surface area (Å²) in [5.41, 5.74) is 4.61. The molecule has 204 valence electrons. The van der Waals surface area contributed by atoms with Crippen molar-refractivity contribution in [2.45, 2.75) is 51.2 Å². The van der Waals surface area contributed by atoms with E-state index in [1.807, 2.05) is 49.5 Å². The Morgan fingerprint density at radius 2 is 1.85 bits per heavy atom. The number of carbonyl (C=O) groups is 4. The van der Waals surface area contributed by atoms with Gasteiger partial charge in [0.1, 0.15) is 12.1 Å². The summed E-state index contributed by atoms with van der Waals surface area (Å²) in [6.07, 6.45) is 3.52. The zero-order chi connectivity index (χ0) is 27.9. The van der Waals surface area contributed by atoms with E-state index in [9.17, 15) is 19.2 Å². The first-order chi connectivity index (χ1) is 18.7. The molecule has 39 heavy (non-hydrogen) atoms. The molecule has 1 aromatic heterocycles. The first kappa shape index (κ1) is 27.7. The molecule has 0 saturated heterocycles. The summed E-state index contributed by atoms with van der Waals surface area (Å²) in [7, 11) is 2.02. The summed E-state index contributed by atoms with van der Waals surface area (Å²) in [5, 5.41) is 16.5. The topological polar surface area (TPSA) is 147 Å². The molecule has 2 aromatic carbocycles. The second-order valence-electron chi connectivity index (χ2n) is 9.95. The number of likely N-dealkylation sites (N-methyl/N-ethyl adjacent to an activating group) is 1. The fourth-order valence-corrected chi connectivity index (χ4v) is 4.93. The van der Waals surface area contributed by atoms with Gasteiger partial charge < -0.3 is 31.2 Å². The second-order valence-corrected chi connectivity index (χ2v) is 9.95. The van der Waals surface area contributed by atoms with Gasteiger partial charge in [0, 0.05) is 55.6 Å².